The molecule has 1 aliphatic rings. The molecule has 0 radical (unpaired) electrons. The van der Waals surface area contributed by atoms with Crippen LogP contribution < -0.4 is 20.9 Å². The van der Waals surface area contributed by atoms with E-state index in [0.717, 1.165) is 37.8 Å². The fourth-order valence-corrected chi connectivity index (χ4v) is 3.27. The number of guanidine groups is 1. The number of aliphatic imine (C=N–C) groups is 1. The average molecular weight is 405 g/mol. The number of carbonyl (C=O) groups is 1. The van der Waals surface area contributed by atoms with Crippen molar-refractivity contribution in [2.24, 2.45) is 4.99 Å². The number of carbonyl (C=O) groups excluding carboxylic acids is 1. The minimum atomic E-state index is -0.239. The first kappa shape index (κ1) is 20.0. The Bertz CT molecular complexity index is 795. The third-order valence-corrected chi connectivity index (χ3v) is 4.62. The van der Waals surface area contributed by atoms with Gasteiger partial charge in [-0.15, -0.1) is 0 Å². The van der Waals surface area contributed by atoms with E-state index in [1.807, 2.05) is 19.1 Å². The fourth-order valence-electron chi connectivity index (χ4n) is 3.03. The number of amides is 1. The van der Waals surface area contributed by atoms with Crippen molar-refractivity contribution >= 4 is 29.3 Å². The topological polar surface area (TPSA) is 94.8 Å². The van der Waals surface area contributed by atoms with Crippen molar-refractivity contribution in [3.63, 3.8) is 0 Å². The van der Waals surface area contributed by atoms with Gasteiger partial charge in [0.15, 0.2) is 11.7 Å². The highest BCUT2D eigenvalue weighted by Gasteiger charge is 2.25. The zero-order chi connectivity index (χ0) is 19.8. The maximum absolute atomic E-state index is 11.8. The summed E-state index contributed by atoms with van der Waals surface area (Å²) in [5, 5.41) is 10.1. The summed E-state index contributed by atoms with van der Waals surface area (Å²) in [5.41, 5.74) is 0. The van der Waals surface area contributed by atoms with Crippen LogP contribution in [0.1, 0.15) is 23.9 Å². The molecule has 0 aliphatic carbocycles. The molecule has 0 aromatic carbocycles. The van der Waals surface area contributed by atoms with E-state index in [4.69, 9.17) is 16.0 Å². The zero-order valence-electron chi connectivity index (χ0n) is 15.8. The van der Waals surface area contributed by atoms with Crippen LogP contribution in [0.2, 0.25) is 5.02 Å². The molecule has 2 aromatic rings. The Morgan fingerprint density at radius 2 is 2.29 bits per heavy atom. The number of nitrogens with zero attached hydrogens (tertiary/aromatic N) is 3. The van der Waals surface area contributed by atoms with Gasteiger partial charge < -0.3 is 25.3 Å². The first-order chi connectivity index (χ1) is 13.7. The minimum absolute atomic E-state index is 0.239. The molecule has 1 amide bonds. The predicted molar refractivity (Wildman–Crippen MR) is 110 cm³/mol. The Morgan fingerprint density at radius 3 is 3.04 bits per heavy atom. The lowest BCUT2D eigenvalue weighted by Gasteiger charge is -2.20. The number of hydrogen-bond acceptors (Lipinski definition) is 5. The van der Waals surface area contributed by atoms with Gasteiger partial charge in [0.2, 0.25) is 0 Å². The van der Waals surface area contributed by atoms with Gasteiger partial charge in [0.1, 0.15) is 5.82 Å². The summed E-state index contributed by atoms with van der Waals surface area (Å²) in [6, 6.07) is 7.24. The van der Waals surface area contributed by atoms with Crippen molar-refractivity contribution < 1.29 is 9.21 Å². The van der Waals surface area contributed by atoms with Crippen LogP contribution in [0.25, 0.3) is 0 Å². The van der Waals surface area contributed by atoms with Crippen molar-refractivity contribution in [3.05, 3.63) is 47.5 Å². The van der Waals surface area contributed by atoms with E-state index >= 15 is 0 Å². The molecule has 1 fully saturated rings. The van der Waals surface area contributed by atoms with Gasteiger partial charge in [0.05, 0.1) is 17.8 Å². The Kier molecular flexibility index (Phi) is 7.13. The van der Waals surface area contributed by atoms with Gasteiger partial charge in [-0.05, 0) is 37.6 Å². The van der Waals surface area contributed by atoms with E-state index in [0.29, 0.717) is 23.9 Å². The number of hydrogen-bond donors (Lipinski definition) is 3. The highest BCUT2D eigenvalue weighted by atomic mass is 35.5. The van der Waals surface area contributed by atoms with E-state index in [1.54, 1.807) is 18.3 Å². The number of nitrogens with one attached hydrogen (secondary N) is 3. The second kappa shape index (κ2) is 9.98. The monoisotopic (exact) mass is 404 g/mol. The van der Waals surface area contributed by atoms with Gasteiger partial charge in [-0.1, -0.05) is 11.6 Å². The lowest BCUT2D eigenvalue weighted by molar-refractivity contribution is 0.0927. The molecule has 3 heterocycles. The molecule has 1 atom stereocenters. The average Bonchev–Trinajstić information content (AvgIpc) is 3.38. The Hall–Kier alpha value is -2.74. The predicted octanol–water partition coefficient (Wildman–Crippen LogP) is 1.89. The molecular formula is C19H25ClN6O2. The summed E-state index contributed by atoms with van der Waals surface area (Å²) < 4.78 is 5.06. The Balaban J connectivity index is 1.48. The summed E-state index contributed by atoms with van der Waals surface area (Å²) in [6.45, 7) is 5.35. The molecule has 28 heavy (non-hydrogen) atoms. The van der Waals surface area contributed by atoms with Crippen LogP contribution >= 0.6 is 11.6 Å². The smallest absolute Gasteiger partial charge is 0.287 e. The van der Waals surface area contributed by atoms with E-state index in [2.05, 4.69) is 30.8 Å². The number of halogens is 1. The summed E-state index contributed by atoms with van der Waals surface area (Å²) in [4.78, 5) is 22.9. The molecule has 3 rings (SSSR count). The zero-order valence-corrected chi connectivity index (χ0v) is 16.6. The third kappa shape index (κ3) is 5.39. The molecular weight excluding hydrogens is 380 g/mol. The molecule has 1 saturated heterocycles. The highest BCUT2D eigenvalue weighted by Crippen LogP contribution is 2.25. The Labute approximate surface area is 169 Å². The van der Waals surface area contributed by atoms with E-state index < -0.39 is 0 Å². The lowest BCUT2D eigenvalue weighted by atomic mass is 10.3. The number of pyridine rings is 1. The first-order valence-electron chi connectivity index (χ1n) is 9.39. The van der Waals surface area contributed by atoms with Gasteiger partial charge in [0.25, 0.3) is 5.91 Å². The SMILES string of the molecule is CCNC(=NCCNC(=O)c1ccco1)NC1CCN(c2ncccc2Cl)C1. The molecule has 0 saturated carbocycles. The van der Waals surface area contributed by atoms with Crippen LogP contribution in [-0.4, -0.2) is 55.6 Å². The standard InChI is InChI=1S/C19H25ClN6O2/c1-2-21-19(24-10-9-23-18(27)16-6-4-12-28-16)25-14-7-11-26(13-14)17-15(20)5-3-8-22-17/h3-6,8,12,14H,2,7,9-11,13H2,1H3,(H,23,27)(H2,21,24,25). The molecule has 9 heteroatoms. The number of furan rings is 1. The molecule has 8 nitrogen and oxygen atoms in total. The maximum atomic E-state index is 11.8. The van der Waals surface area contributed by atoms with Crippen LogP contribution in [0, 0.1) is 0 Å². The molecule has 1 aliphatic heterocycles. The second-order valence-electron chi connectivity index (χ2n) is 6.38. The summed E-state index contributed by atoms with van der Waals surface area (Å²) in [6.07, 6.45) is 4.19. The van der Waals surface area contributed by atoms with Crippen molar-refractivity contribution in [1.29, 1.82) is 0 Å². The summed E-state index contributed by atoms with van der Waals surface area (Å²) in [7, 11) is 0. The normalized spacial score (nSPS) is 16.9. The lowest BCUT2D eigenvalue weighted by Crippen LogP contribution is -2.45. The third-order valence-electron chi connectivity index (χ3n) is 4.32. The van der Waals surface area contributed by atoms with Crippen molar-refractivity contribution in [2.75, 3.05) is 37.6 Å². The van der Waals surface area contributed by atoms with E-state index in [9.17, 15) is 4.79 Å². The molecule has 1 unspecified atom stereocenters. The van der Waals surface area contributed by atoms with E-state index in [1.165, 1.54) is 6.26 Å². The van der Waals surface area contributed by atoms with Crippen LogP contribution in [0.4, 0.5) is 5.82 Å². The van der Waals surface area contributed by atoms with Gasteiger partial charge in [-0.2, -0.15) is 0 Å². The van der Waals surface area contributed by atoms with Crippen LogP contribution in [0.15, 0.2) is 46.1 Å². The highest BCUT2D eigenvalue weighted by molar-refractivity contribution is 6.32. The number of aromatic nitrogens is 1. The second-order valence-corrected chi connectivity index (χ2v) is 6.79. The Morgan fingerprint density at radius 1 is 1.39 bits per heavy atom. The minimum Gasteiger partial charge on any atom is -0.459 e. The summed E-state index contributed by atoms with van der Waals surface area (Å²) in [5.74, 6) is 1.61. The van der Waals surface area contributed by atoms with Crippen molar-refractivity contribution in [2.45, 2.75) is 19.4 Å². The molecule has 2 aromatic heterocycles. The van der Waals surface area contributed by atoms with Crippen LogP contribution in [0.3, 0.4) is 0 Å². The fraction of sp³-hybridized carbons (Fsp3) is 0.421. The van der Waals surface area contributed by atoms with Gasteiger partial charge in [-0.3, -0.25) is 9.79 Å². The maximum Gasteiger partial charge on any atom is 0.287 e. The molecule has 150 valence electrons. The van der Waals surface area contributed by atoms with Crippen LogP contribution in [0.5, 0.6) is 0 Å². The number of anilines is 1. The number of rotatable bonds is 7. The molecule has 3 N–H and O–H groups in total. The molecule has 0 bridgehead atoms. The van der Waals surface area contributed by atoms with E-state index in [-0.39, 0.29) is 11.9 Å². The van der Waals surface area contributed by atoms with Crippen molar-refractivity contribution in [3.8, 4) is 0 Å². The largest absolute Gasteiger partial charge is 0.459 e. The van der Waals surface area contributed by atoms with Crippen molar-refractivity contribution in [1.82, 2.24) is 20.9 Å². The van der Waals surface area contributed by atoms with Gasteiger partial charge >= 0.3 is 0 Å². The van der Waals surface area contributed by atoms with Gasteiger partial charge in [-0.25, -0.2) is 4.98 Å². The molecule has 0 spiro atoms. The summed E-state index contributed by atoms with van der Waals surface area (Å²) >= 11 is 6.25. The van der Waals surface area contributed by atoms with Crippen LogP contribution in [-0.2, 0) is 0 Å². The van der Waals surface area contributed by atoms with Gasteiger partial charge in [0, 0.05) is 38.4 Å². The quantitative estimate of drug-likeness (QED) is 0.370. The first-order valence-corrected chi connectivity index (χ1v) is 9.77.